The maximum atomic E-state index is 9.87. The van der Waals surface area contributed by atoms with Crippen molar-refractivity contribution in [2.24, 2.45) is 11.8 Å². The number of nitrogens with two attached hydrogens (primary N) is 1. The topological polar surface area (TPSA) is 100 Å². The molecule has 0 radical (unpaired) electrons. The minimum absolute atomic E-state index is 0.411. The van der Waals surface area contributed by atoms with E-state index in [4.69, 9.17) is 5.84 Å². The molecule has 0 saturated heterocycles. The lowest BCUT2D eigenvalue weighted by Gasteiger charge is -2.15. The van der Waals surface area contributed by atoms with Gasteiger partial charge in [-0.25, -0.2) is 15.8 Å². The molecule has 19 heavy (non-hydrogen) atoms. The predicted octanol–water partition coefficient (Wildman–Crippen LogP) is 0.834. The predicted molar refractivity (Wildman–Crippen MR) is 74.7 cm³/mol. The highest BCUT2D eigenvalue weighted by Gasteiger charge is 2.10. The third-order valence-electron chi connectivity index (χ3n) is 2.77. The smallest absolute Gasteiger partial charge is 0.180 e. The van der Waals surface area contributed by atoms with Gasteiger partial charge in [0.05, 0.1) is 12.3 Å². The largest absolute Gasteiger partial charge is 0.391 e. The molecule has 0 aliphatic heterocycles. The molecule has 1 atom stereocenters. The summed E-state index contributed by atoms with van der Waals surface area (Å²) in [6.07, 6.45) is 5.58. The van der Waals surface area contributed by atoms with E-state index in [1.165, 1.54) is 0 Å². The highest BCUT2D eigenvalue weighted by molar-refractivity contribution is 5.65. The molecule has 7 heteroatoms. The number of hydrazine groups is 1. The van der Waals surface area contributed by atoms with E-state index in [2.05, 4.69) is 34.6 Å². The van der Waals surface area contributed by atoms with Crippen molar-refractivity contribution in [3.05, 3.63) is 18.6 Å². The third-order valence-corrected chi connectivity index (χ3v) is 2.77. The number of fused-ring (bicyclic) bond motifs is 1. The first-order valence-electron chi connectivity index (χ1n) is 6.32. The van der Waals surface area contributed by atoms with Crippen LogP contribution in [0.1, 0.15) is 20.3 Å². The second-order valence-corrected chi connectivity index (χ2v) is 4.94. The van der Waals surface area contributed by atoms with Crippen LogP contribution in [0.15, 0.2) is 18.6 Å². The summed E-state index contributed by atoms with van der Waals surface area (Å²) >= 11 is 0. The number of imidazole rings is 1. The van der Waals surface area contributed by atoms with Crippen LogP contribution in [-0.2, 0) is 0 Å². The lowest BCUT2D eigenvalue weighted by molar-refractivity contribution is 0.161. The van der Waals surface area contributed by atoms with E-state index in [0.717, 1.165) is 6.42 Å². The number of aliphatic hydroxyl groups is 1. The molecule has 0 spiro atoms. The van der Waals surface area contributed by atoms with E-state index < -0.39 is 6.10 Å². The average molecular weight is 264 g/mol. The molecule has 2 heterocycles. The van der Waals surface area contributed by atoms with E-state index in [0.29, 0.717) is 29.7 Å². The Bertz CT molecular complexity index is 538. The van der Waals surface area contributed by atoms with Gasteiger partial charge in [0.2, 0.25) is 0 Å². The summed E-state index contributed by atoms with van der Waals surface area (Å²) in [6.45, 7) is 4.59. The van der Waals surface area contributed by atoms with Crippen molar-refractivity contribution in [2.45, 2.75) is 26.4 Å². The number of nitrogens with zero attached hydrogens (tertiary/aromatic N) is 3. The summed E-state index contributed by atoms with van der Waals surface area (Å²) in [5, 5.41) is 13.0. The minimum Gasteiger partial charge on any atom is -0.391 e. The zero-order valence-electron chi connectivity index (χ0n) is 11.2. The van der Waals surface area contributed by atoms with Crippen LogP contribution < -0.4 is 16.6 Å². The lowest BCUT2D eigenvalue weighted by atomic mass is 10.1. The van der Waals surface area contributed by atoms with Crippen molar-refractivity contribution in [1.29, 1.82) is 0 Å². The van der Waals surface area contributed by atoms with Crippen molar-refractivity contribution in [2.75, 3.05) is 17.3 Å². The van der Waals surface area contributed by atoms with Crippen molar-refractivity contribution < 1.29 is 5.11 Å². The van der Waals surface area contributed by atoms with Gasteiger partial charge in [-0.1, -0.05) is 13.8 Å². The van der Waals surface area contributed by atoms with Crippen LogP contribution in [0.4, 0.5) is 11.6 Å². The Balaban J connectivity index is 2.13. The van der Waals surface area contributed by atoms with Gasteiger partial charge in [-0.15, -0.1) is 0 Å². The number of hydrogen-bond acceptors (Lipinski definition) is 6. The summed E-state index contributed by atoms with van der Waals surface area (Å²) in [5.41, 5.74) is 3.21. The van der Waals surface area contributed by atoms with Crippen molar-refractivity contribution in [1.82, 2.24) is 14.4 Å². The molecule has 2 aromatic rings. The molecule has 2 aromatic heterocycles. The SMILES string of the molecule is CC(C)CC(O)CNc1nc(NN)cn2ccnc12. The highest BCUT2D eigenvalue weighted by atomic mass is 16.3. The van der Waals surface area contributed by atoms with E-state index in [9.17, 15) is 5.11 Å². The monoisotopic (exact) mass is 264 g/mol. The van der Waals surface area contributed by atoms with Gasteiger partial charge in [-0.05, 0) is 12.3 Å². The number of aromatic nitrogens is 3. The molecule has 0 fully saturated rings. The molecule has 0 aliphatic rings. The Morgan fingerprint density at radius 1 is 1.47 bits per heavy atom. The quantitative estimate of drug-likeness (QED) is 0.455. The Morgan fingerprint density at radius 3 is 2.95 bits per heavy atom. The van der Waals surface area contributed by atoms with E-state index in [1.807, 2.05) is 10.6 Å². The number of nitrogen functional groups attached to an aromatic ring is 1. The van der Waals surface area contributed by atoms with Crippen LogP contribution in [0.2, 0.25) is 0 Å². The van der Waals surface area contributed by atoms with Crippen LogP contribution in [0.3, 0.4) is 0 Å². The second-order valence-electron chi connectivity index (χ2n) is 4.94. The number of aliphatic hydroxyl groups excluding tert-OH is 1. The van der Waals surface area contributed by atoms with Crippen LogP contribution in [-0.4, -0.2) is 32.1 Å². The Morgan fingerprint density at radius 2 is 2.26 bits per heavy atom. The summed E-state index contributed by atoms with van der Waals surface area (Å²) in [6, 6.07) is 0. The van der Waals surface area contributed by atoms with Crippen LogP contribution in [0.5, 0.6) is 0 Å². The van der Waals surface area contributed by atoms with Gasteiger partial charge in [0.1, 0.15) is 0 Å². The fourth-order valence-corrected chi connectivity index (χ4v) is 1.96. The van der Waals surface area contributed by atoms with Gasteiger partial charge in [-0.2, -0.15) is 0 Å². The zero-order chi connectivity index (χ0) is 13.8. The summed E-state index contributed by atoms with van der Waals surface area (Å²) < 4.78 is 1.82. The zero-order valence-corrected chi connectivity index (χ0v) is 11.2. The molecule has 0 aromatic carbocycles. The Labute approximate surface area is 111 Å². The molecule has 1 unspecified atom stereocenters. The minimum atomic E-state index is -0.411. The van der Waals surface area contributed by atoms with Crippen LogP contribution in [0.25, 0.3) is 5.65 Å². The second kappa shape index (κ2) is 5.85. The Kier molecular flexibility index (Phi) is 4.18. The highest BCUT2D eigenvalue weighted by Crippen LogP contribution is 2.16. The first-order valence-corrected chi connectivity index (χ1v) is 6.32. The third kappa shape index (κ3) is 3.33. The van der Waals surface area contributed by atoms with Crippen LogP contribution in [0, 0.1) is 5.92 Å². The van der Waals surface area contributed by atoms with Gasteiger partial charge in [0.15, 0.2) is 17.3 Å². The molecule has 0 aliphatic carbocycles. The molecular weight excluding hydrogens is 244 g/mol. The fourth-order valence-electron chi connectivity index (χ4n) is 1.96. The van der Waals surface area contributed by atoms with Crippen LogP contribution >= 0.6 is 0 Å². The maximum Gasteiger partial charge on any atom is 0.180 e. The average Bonchev–Trinajstić information content (AvgIpc) is 2.82. The van der Waals surface area contributed by atoms with Gasteiger partial charge >= 0.3 is 0 Å². The first-order chi connectivity index (χ1) is 9.10. The first kappa shape index (κ1) is 13.6. The molecule has 104 valence electrons. The molecule has 0 saturated carbocycles. The fraction of sp³-hybridized carbons (Fsp3) is 0.500. The van der Waals surface area contributed by atoms with Gasteiger partial charge in [0, 0.05) is 18.9 Å². The van der Waals surface area contributed by atoms with Crippen molar-refractivity contribution in [3.63, 3.8) is 0 Å². The van der Waals surface area contributed by atoms with Gasteiger partial charge in [-0.3, -0.25) is 0 Å². The number of anilines is 2. The van der Waals surface area contributed by atoms with E-state index in [1.54, 1.807) is 12.4 Å². The molecule has 0 amide bonds. The summed E-state index contributed by atoms with van der Waals surface area (Å²) in [7, 11) is 0. The van der Waals surface area contributed by atoms with Crippen molar-refractivity contribution >= 4 is 17.3 Å². The van der Waals surface area contributed by atoms with Crippen molar-refractivity contribution in [3.8, 4) is 0 Å². The molecule has 5 N–H and O–H groups in total. The normalized spacial score (nSPS) is 12.9. The van der Waals surface area contributed by atoms with E-state index in [-0.39, 0.29) is 0 Å². The van der Waals surface area contributed by atoms with E-state index >= 15 is 0 Å². The van der Waals surface area contributed by atoms with Gasteiger partial charge in [0.25, 0.3) is 0 Å². The molecular formula is C12H20N6O. The summed E-state index contributed by atoms with van der Waals surface area (Å²) in [4.78, 5) is 8.52. The van der Waals surface area contributed by atoms with Gasteiger partial charge < -0.3 is 20.2 Å². The number of nitrogens with one attached hydrogen (secondary N) is 2. The molecule has 0 bridgehead atoms. The number of hydrogen-bond donors (Lipinski definition) is 4. The lowest BCUT2D eigenvalue weighted by Crippen LogP contribution is -2.22. The molecule has 2 rings (SSSR count). The Hall–Kier alpha value is -1.86. The number of rotatable bonds is 6. The maximum absolute atomic E-state index is 9.87. The molecule has 7 nitrogen and oxygen atoms in total. The standard InChI is InChI=1S/C12H20N6O/c1-8(2)5-9(19)6-15-11-12-14-3-4-18(12)7-10(16-11)17-13/h3-4,7-9,17,19H,5-6,13H2,1-2H3,(H,15,16). The summed E-state index contributed by atoms with van der Waals surface area (Å²) in [5.74, 6) is 6.96.